The maximum Gasteiger partial charge on any atom is 0.419 e. The Bertz CT molecular complexity index is 1180. The number of piperidine rings is 2. The van der Waals surface area contributed by atoms with Crippen molar-refractivity contribution < 1.29 is 17.6 Å². The lowest BCUT2D eigenvalue weighted by molar-refractivity contribution is -0.140. The number of nitrogen functional groups attached to an aromatic ring is 1. The first kappa shape index (κ1) is 27.6. The SMILES string of the molecule is CCc1c(N)ncnc1[N+]1(C2(CCN3CCCCC3)NC=CN2)CCC(c2ccc(F)c(C(F)(F)F)c2)CC1. The molecule has 1 aromatic carbocycles. The van der Waals surface area contributed by atoms with E-state index in [1.54, 1.807) is 0 Å². The topological polar surface area (TPSA) is 79.1 Å². The number of likely N-dealkylation sites (tertiary alicyclic amines) is 2. The van der Waals surface area contributed by atoms with Crippen molar-refractivity contribution in [2.24, 2.45) is 0 Å². The molecule has 1 aromatic heterocycles. The van der Waals surface area contributed by atoms with Crippen molar-refractivity contribution in [1.82, 2.24) is 30.0 Å². The van der Waals surface area contributed by atoms with E-state index in [0.717, 1.165) is 49.6 Å². The van der Waals surface area contributed by atoms with Crippen LogP contribution in [0.2, 0.25) is 0 Å². The van der Waals surface area contributed by atoms with Gasteiger partial charge in [0.1, 0.15) is 18.0 Å². The number of anilines is 1. The molecule has 2 fully saturated rings. The van der Waals surface area contributed by atoms with E-state index < -0.39 is 23.3 Å². The fourth-order valence-electron chi connectivity index (χ4n) is 6.76. The molecule has 5 rings (SSSR count). The molecule has 39 heavy (non-hydrogen) atoms. The van der Waals surface area contributed by atoms with Crippen LogP contribution in [0.5, 0.6) is 0 Å². The van der Waals surface area contributed by atoms with Gasteiger partial charge < -0.3 is 21.3 Å². The second-order valence-electron chi connectivity index (χ2n) is 11.0. The van der Waals surface area contributed by atoms with Gasteiger partial charge in [-0.2, -0.15) is 18.2 Å². The van der Waals surface area contributed by atoms with Crippen LogP contribution in [0.1, 0.15) is 68.1 Å². The van der Waals surface area contributed by atoms with Gasteiger partial charge in [-0.05, 0) is 56.0 Å². The van der Waals surface area contributed by atoms with Crippen LogP contribution in [-0.4, -0.2) is 53.4 Å². The zero-order chi connectivity index (χ0) is 27.7. The number of hydrogen-bond donors (Lipinski definition) is 3. The van der Waals surface area contributed by atoms with E-state index in [1.165, 1.54) is 31.7 Å². The molecule has 0 atom stereocenters. The van der Waals surface area contributed by atoms with Gasteiger partial charge in [0.2, 0.25) is 5.82 Å². The first-order valence-corrected chi connectivity index (χ1v) is 14.0. The summed E-state index contributed by atoms with van der Waals surface area (Å²) in [6, 6.07) is 3.42. The number of nitrogens with two attached hydrogens (primary N) is 1. The Balaban J connectivity index is 1.50. The Labute approximate surface area is 227 Å². The van der Waals surface area contributed by atoms with Crippen LogP contribution in [0.4, 0.5) is 29.2 Å². The highest BCUT2D eigenvalue weighted by molar-refractivity contribution is 5.56. The van der Waals surface area contributed by atoms with Crippen LogP contribution in [0.15, 0.2) is 36.9 Å². The molecule has 0 radical (unpaired) electrons. The minimum atomic E-state index is -4.73. The van der Waals surface area contributed by atoms with Crippen molar-refractivity contribution in [3.8, 4) is 0 Å². The monoisotopic (exact) mass is 548 g/mol. The number of halogens is 4. The van der Waals surface area contributed by atoms with E-state index in [9.17, 15) is 17.6 Å². The Hall–Kier alpha value is -2.92. The Morgan fingerprint density at radius 3 is 2.41 bits per heavy atom. The summed E-state index contributed by atoms with van der Waals surface area (Å²) in [6.45, 7) is 6.34. The van der Waals surface area contributed by atoms with Crippen molar-refractivity contribution in [2.45, 2.75) is 69.8 Å². The Morgan fingerprint density at radius 1 is 1.08 bits per heavy atom. The number of benzene rings is 1. The van der Waals surface area contributed by atoms with Crippen molar-refractivity contribution >= 4 is 11.6 Å². The molecule has 4 heterocycles. The second kappa shape index (κ2) is 10.9. The predicted molar refractivity (Wildman–Crippen MR) is 144 cm³/mol. The average Bonchev–Trinajstić information content (AvgIpc) is 3.43. The largest absolute Gasteiger partial charge is 0.419 e. The fourth-order valence-corrected chi connectivity index (χ4v) is 6.76. The predicted octanol–water partition coefficient (Wildman–Crippen LogP) is 4.86. The quantitative estimate of drug-likeness (QED) is 0.339. The molecule has 3 aliphatic heterocycles. The number of nitrogens with one attached hydrogen (secondary N) is 2. The maximum absolute atomic E-state index is 14.0. The van der Waals surface area contributed by atoms with E-state index in [2.05, 4.69) is 20.5 Å². The molecule has 0 aliphatic carbocycles. The summed E-state index contributed by atoms with van der Waals surface area (Å²) in [5, 5.41) is 7.27. The molecule has 4 N–H and O–H groups in total. The Kier molecular flexibility index (Phi) is 7.74. The van der Waals surface area contributed by atoms with E-state index in [-0.39, 0.29) is 5.92 Å². The molecule has 0 bridgehead atoms. The summed E-state index contributed by atoms with van der Waals surface area (Å²) in [6.07, 6.45) is 6.98. The molecular formula is C28H38F4N7+. The van der Waals surface area contributed by atoms with E-state index in [1.807, 2.05) is 19.3 Å². The summed E-state index contributed by atoms with van der Waals surface area (Å²) in [5.74, 6) is -0.657. The van der Waals surface area contributed by atoms with Crippen molar-refractivity contribution in [3.63, 3.8) is 0 Å². The van der Waals surface area contributed by atoms with Crippen LogP contribution in [0.3, 0.4) is 0 Å². The summed E-state index contributed by atoms with van der Waals surface area (Å²) >= 11 is 0. The fraction of sp³-hybridized carbons (Fsp3) is 0.571. The van der Waals surface area contributed by atoms with Gasteiger partial charge in [-0.1, -0.05) is 19.4 Å². The van der Waals surface area contributed by atoms with Crippen molar-refractivity contribution in [2.75, 3.05) is 38.5 Å². The molecule has 3 aliphatic rings. The normalized spacial score (nSPS) is 25.3. The lowest BCUT2D eigenvalue weighted by Gasteiger charge is -2.53. The number of alkyl halides is 3. The molecule has 2 saturated heterocycles. The summed E-state index contributed by atoms with van der Waals surface area (Å²) in [4.78, 5) is 11.6. The first-order valence-electron chi connectivity index (χ1n) is 14.0. The highest BCUT2D eigenvalue weighted by Gasteiger charge is 2.57. The van der Waals surface area contributed by atoms with E-state index in [4.69, 9.17) is 10.7 Å². The van der Waals surface area contributed by atoms with Crippen LogP contribution in [0.25, 0.3) is 0 Å². The van der Waals surface area contributed by atoms with Gasteiger partial charge >= 0.3 is 6.18 Å². The Morgan fingerprint density at radius 2 is 1.77 bits per heavy atom. The molecule has 212 valence electrons. The van der Waals surface area contributed by atoms with Crippen molar-refractivity contribution in [3.05, 3.63) is 59.4 Å². The zero-order valence-corrected chi connectivity index (χ0v) is 22.4. The maximum atomic E-state index is 14.0. The first-order chi connectivity index (χ1) is 18.7. The van der Waals surface area contributed by atoms with Gasteiger partial charge in [0.15, 0.2) is 0 Å². The van der Waals surface area contributed by atoms with Crippen LogP contribution >= 0.6 is 0 Å². The molecule has 2 aromatic rings. The molecule has 0 saturated carbocycles. The second-order valence-corrected chi connectivity index (χ2v) is 11.0. The summed E-state index contributed by atoms with van der Waals surface area (Å²) < 4.78 is 54.8. The number of hydrogen-bond acceptors (Lipinski definition) is 6. The lowest BCUT2D eigenvalue weighted by Crippen LogP contribution is -2.78. The summed E-state index contributed by atoms with van der Waals surface area (Å²) in [5.41, 5.74) is 6.56. The third-order valence-electron chi connectivity index (χ3n) is 8.90. The molecule has 7 nitrogen and oxygen atoms in total. The molecular weight excluding hydrogens is 510 g/mol. The van der Waals surface area contributed by atoms with Gasteiger partial charge in [-0.3, -0.25) is 0 Å². The average molecular weight is 549 g/mol. The van der Waals surface area contributed by atoms with Crippen molar-refractivity contribution in [1.29, 1.82) is 0 Å². The molecule has 0 amide bonds. The third kappa shape index (κ3) is 5.18. The minimum Gasteiger partial charge on any atom is -0.383 e. The van der Waals surface area contributed by atoms with Crippen LogP contribution in [-0.2, 0) is 12.6 Å². The smallest absolute Gasteiger partial charge is 0.383 e. The number of aromatic nitrogens is 2. The number of quaternary nitrogens is 1. The highest BCUT2D eigenvalue weighted by atomic mass is 19.4. The molecule has 11 heteroatoms. The molecule has 0 unspecified atom stereocenters. The minimum absolute atomic E-state index is 0.129. The van der Waals surface area contributed by atoms with Gasteiger partial charge in [0.25, 0.3) is 5.79 Å². The van der Waals surface area contributed by atoms with E-state index in [0.29, 0.717) is 48.2 Å². The van der Waals surface area contributed by atoms with Gasteiger partial charge in [-0.25, -0.2) is 13.9 Å². The van der Waals surface area contributed by atoms with Crippen LogP contribution in [0, 0.1) is 5.82 Å². The number of nitrogens with zero attached hydrogens (tertiary/aromatic N) is 4. The standard InChI is InChI=1S/C28H38F4N7/c1-2-22-25(33)34-19-35-26(22)39(27(36-11-12-37-27)10-15-38-13-4-3-5-14-38)16-8-20(9-17-39)21-6-7-24(29)23(18-21)28(30,31)32/h6-7,11-12,18-20,36-37H,2-5,8-10,13-17H2,1H3,(H2,33,34,35)/q+1. The van der Waals surface area contributed by atoms with Gasteiger partial charge in [0.05, 0.1) is 30.6 Å². The summed E-state index contributed by atoms with van der Waals surface area (Å²) in [7, 11) is 0. The van der Waals surface area contributed by atoms with E-state index >= 15 is 0 Å². The number of rotatable bonds is 7. The van der Waals surface area contributed by atoms with Crippen LogP contribution < -0.4 is 20.9 Å². The molecule has 0 spiro atoms. The zero-order valence-electron chi connectivity index (χ0n) is 22.4. The highest BCUT2D eigenvalue weighted by Crippen LogP contribution is 2.44. The lowest BCUT2D eigenvalue weighted by atomic mass is 9.85. The third-order valence-corrected chi connectivity index (χ3v) is 8.90. The van der Waals surface area contributed by atoms with Gasteiger partial charge in [0, 0.05) is 31.8 Å². The van der Waals surface area contributed by atoms with Gasteiger partial charge in [-0.15, -0.1) is 0 Å².